The van der Waals surface area contributed by atoms with E-state index in [0.29, 0.717) is 4.57 Å². The Hall–Kier alpha value is -2.36. The van der Waals surface area contributed by atoms with Crippen LogP contribution in [0.1, 0.15) is 46.1 Å². The molecule has 22 heavy (non-hydrogen) atoms. The summed E-state index contributed by atoms with van der Waals surface area (Å²) in [7, 11) is 1.20. The van der Waals surface area contributed by atoms with Crippen molar-refractivity contribution in [2.24, 2.45) is 12.9 Å². The molecular formula is C18H19N3O. The molecule has 0 saturated carbocycles. The molecule has 0 N–H and O–H groups in total. The minimum absolute atomic E-state index is 0.299. The average molecular weight is 306 g/mol. The Kier molecular flexibility index (Phi) is 1.18. The molecule has 4 rings (SSSR count). The number of para-hydroxylation sites is 1. The molecule has 2 heterocycles. The fraction of sp³-hybridized carbons (Fsp3) is 0.333. The first-order chi connectivity index (χ1) is 15.8. The normalized spacial score (nSPS) is 35.0. The van der Waals surface area contributed by atoms with Crippen molar-refractivity contribution in [2.75, 3.05) is 0 Å². The largest absolute Gasteiger partial charge is 0.347 e. The third-order valence-electron chi connectivity index (χ3n) is 3.51. The second-order valence-electron chi connectivity index (χ2n) is 4.79. The van der Waals surface area contributed by atoms with Crippen LogP contribution in [0.5, 0.6) is 0 Å². The predicted octanol–water partition coefficient (Wildman–Crippen LogP) is 3.13. The molecule has 0 fully saturated rings. The van der Waals surface area contributed by atoms with Crippen molar-refractivity contribution in [3.05, 3.63) is 53.6 Å². The van der Waals surface area contributed by atoms with Gasteiger partial charge in [-0.25, -0.2) is 4.98 Å². The van der Waals surface area contributed by atoms with Gasteiger partial charge >= 0.3 is 0 Å². The van der Waals surface area contributed by atoms with Crippen molar-refractivity contribution >= 4 is 16.7 Å². The maximum Gasteiger partial charge on any atom is 0.170 e. The van der Waals surface area contributed by atoms with Gasteiger partial charge in [0.15, 0.2) is 5.78 Å². The number of hydrogen-bond acceptors (Lipinski definition) is 2. The van der Waals surface area contributed by atoms with E-state index in [-0.39, 0.29) is 11.3 Å². The van der Waals surface area contributed by atoms with Crippen LogP contribution in [0.2, 0.25) is 0 Å². The van der Waals surface area contributed by atoms with Gasteiger partial charge < -0.3 is 9.13 Å². The lowest BCUT2D eigenvalue weighted by molar-refractivity contribution is 0.0888. The van der Waals surface area contributed by atoms with Crippen molar-refractivity contribution in [3.8, 4) is 0 Å². The molecule has 0 amide bonds. The van der Waals surface area contributed by atoms with E-state index in [1.54, 1.807) is 0 Å². The van der Waals surface area contributed by atoms with Gasteiger partial charge in [-0.05, 0) is 25.7 Å². The highest BCUT2D eigenvalue weighted by atomic mass is 16.1. The van der Waals surface area contributed by atoms with E-state index in [2.05, 4.69) is 4.98 Å². The minimum Gasteiger partial charge on any atom is -0.347 e. The van der Waals surface area contributed by atoms with Gasteiger partial charge in [0.2, 0.25) is 0 Å². The highest BCUT2D eigenvalue weighted by molar-refractivity contribution is 6.11. The standard InChI is InChI=1S/C18H19N3O/c1-12-19-9-10-21(12)11-13-7-8-16-17(18(13)22)14-5-3-4-6-15(14)20(16)2/h3-6,9-10,13H,7-8,11H2,1-2H3/i3D,4D,5D,6D,7D2,8D2,9D,10D,11D2,13D. The van der Waals surface area contributed by atoms with Crippen LogP contribution in [0.25, 0.3) is 10.9 Å². The molecule has 0 radical (unpaired) electrons. The zero-order valence-corrected chi connectivity index (χ0v) is 11.7. The average Bonchev–Trinajstić information content (AvgIpc) is 3.20. The monoisotopic (exact) mass is 306 g/mol. The molecule has 112 valence electrons. The van der Waals surface area contributed by atoms with E-state index in [4.69, 9.17) is 17.8 Å². The van der Waals surface area contributed by atoms with E-state index in [1.165, 1.54) is 14.0 Å². The molecule has 4 heteroatoms. The number of aryl methyl sites for hydroxylation is 2. The molecular weight excluding hydrogens is 274 g/mol. The van der Waals surface area contributed by atoms with Crippen LogP contribution in [-0.2, 0) is 19.9 Å². The zero-order valence-electron chi connectivity index (χ0n) is 24.7. The molecule has 0 spiro atoms. The molecule has 1 aromatic carbocycles. The molecule has 1 aliphatic carbocycles. The summed E-state index contributed by atoms with van der Waals surface area (Å²) < 4.78 is 110. The number of Topliss-reactive ketones (excluding diaryl/α,β-unsaturated/α-hetero) is 1. The fourth-order valence-electron chi connectivity index (χ4n) is 2.39. The lowest BCUT2D eigenvalue weighted by Gasteiger charge is -2.23. The summed E-state index contributed by atoms with van der Waals surface area (Å²) in [6.45, 7) is -2.26. The van der Waals surface area contributed by atoms with Gasteiger partial charge in [-0.1, -0.05) is 18.1 Å². The Labute approximate surface area is 147 Å². The third kappa shape index (κ3) is 1.83. The van der Waals surface area contributed by atoms with E-state index < -0.39 is 84.1 Å². The number of aromatic nitrogens is 3. The Morgan fingerprint density at radius 2 is 2.36 bits per heavy atom. The zero-order chi connectivity index (χ0) is 26.8. The topological polar surface area (TPSA) is 39.8 Å². The highest BCUT2D eigenvalue weighted by Crippen LogP contribution is 2.34. The molecule has 0 bridgehead atoms. The van der Waals surface area contributed by atoms with Gasteiger partial charge in [-0.15, -0.1) is 0 Å². The van der Waals surface area contributed by atoms with Gasteiger partial charge in [-0.2, -0.15) is 0 Å². The highest BCUT2D eigenvalue weighted by Gasteiger charge is 2.32. The molecule has 3 aromatic rings. The molecule has 2 aromatic heterocycles. The van der Waals surface area contributed by atoms with Gasteiger partial charge in [0.1, 0.15) is 5.82 Å². The van der Waals surface area contributed by atoms with Crippen molar-refractivity contribution < 1.29 is 22.6 Å². The number of nitrogens with zero attached hydrogens (tertiary/aromatic N) is 3. The first kappa shape index (κ1) is 5.37. The molecule has 0 aliphatic heterocycles. The predicted molar refractivity (Wildman–Crippen MR) is 86.0 cm³/mol. The van der Waals surface area contributed by atoms with E-state index in [9.17, 15) is 4.79 Å². The maximum atomic E-state index is 13.9. The second-order valence-corrected chi connectivity index (χ2v) is 4.79. The summed E-state index contributed by atoms with van der Waals surface area (Å²) in [5.41, 5.74) is -1.68. The number of carbonyl (C=O) groups excluding carboxylic acids is 1. The summed E-state index contributed by atoms with van der Waals surface area (Å²) in [5.74, 6) is -5.48. The summed E-state index contributed by atoms with van der Waals surface area (Å²) >= 11 is 0. The minimum atomic E-state index is -3.60. The van der Waals surface area contributed by atoms with Crippen LogP contribution >= 0.6 is 0 Å². The molecule has 0 saturated heterocycles. The maximum absolute atomic E-state index is 13.9. The molecule has 1 unspecified atom stereocenters. The summed E-state index contributed by atoms with van der Waals surface area (Å²) in [6, 6.07) is -2.74. The van der Waals surface area contributed by atoms with Crippen LogP contribution in [0.3, 0.4) is 0 Å². The molecule has 1 aliphatic rings. The first-order valence-corrected chi connectivity index (χ1v) is 6.47. The first-order valence-electron chi connectivity index (χ1n) is 13.0. The van der Waals surface area contributed by atoms with E-state index in [1.807, 2.05) is 0 Å². The fourth-order valence-corrected chi connectivity index (χ4v) is 2.39. The van der Waals surface area contributed by atoms with Gasteiger partial charge in [0.05, 0.1) is 11.0 Å². The molecule has 4 nitrogen and oxygen atoms in total. The van der Waals surface area contributed by atoms with E-state index >= 15 is 0 Å². The Bertz CT molecular complexity index is 1450. The number of ketones is 1. The van der Waals surface area contributed by atoms with Gasteiger partial charge in [0.25, 0.3) is 0 Å². The van der Waals surface area contributed by atoms with Gasteiger partial charge in [0, 0.05) is 60.8 Å². The lowest BCUT2D eigenvalue weighted by atomic mass is 9.85. The third-order valence-corrected chi connectivity index (χ3v) is 3.51. The number of fused-ring (bicyclic) bond motifs is 3. The number of hydrogen-bond donors (Lipinski definition) is 0. The van der Waals surface area contributed by atoms with Gasteiger partial charge in [-0.3, -0.25) is 4.79 Å². The van der Waals surface area contributed by atoms with Crippen molar-refractivity contribution in [1.29, 1.82) is 0 Å². The van der Waals surface area contributed by atoms with Crippen LogP contribution < -0.4 is 0 Å². The number of rotatable bonds is 2. The smallest absolute Gasteiger partial charge is 0.170 e. The van der Waals surface area contributed by atoms with Crippen LogP contribution in [0.15, 0.2) is 36.5 Å². The molecule has 1 atom stereocenters. The van der Waals surface area contributed by atoms with Crippen LogP contribution in [0.4, 0.5) is 0 Å². The Balaban J connectivity index is 2.22. The number of carbonyl (C=O) groups is 1. The Morgan fingerprint density at radius 3 is 3.14 bits per heavy atom. The Morgan fingerprint density at radius 1 is 1.55 bits per heavy atom. The lowest BCUT2D eigenvalue weighted by Crippen LogP contribution is -2.27. The van der Waals surface area contributed by atoms with Crippen molar-refractivity contribution in [2.45, 2.75) is 26.2 Å². The van der Waals surface area contributed by atoms with Crippen LogP contribution in [-0.4, -0.2) is 19.9 Å². The van der Waals surface area contributed by atoms with Crippen molar-refractivity contribution in [3.63, 3.8) is 0 Å². The number of imidazole rings is 1. The summed E-state index contributed by atoms with van der Waals surface area (Å²) in [5, 5.41) is -0.458. The summed E-state index contributed by atoms with van der Waals surface area (Å²) in [4.78, 5) is 17.6. The van der Waals surface area contributed by atoms with Crippen LogP contribution in [0, 0.1) is 12.8 Å². The van der Waals surface area contributed by atoms with E-state index in [0.717, 1.165) is 4.57 Å². The SMILES string of the molecule is [2H]c1nc(C)n(C([2H])([2H])C2([2H])C(=O)c3c(n(C)c4c([2H])c([2H])c([2H])c([2H])c34)C([2H])([2H])C2([2H])[2H])c1[2H]. The van der Waals surface area contributed by atoms with Crippen molar-refractivity contribution in [1.82, 2.24) is 14.1 Å². The quantitative estimate of drug-likeness (QED) is 0.730. The number of benzene rings is 1. The summed E-state index contributed by atoms with van der Waals surface area (Å²) in [6.07, 6.45) is -8.38. The second kappa shape index (κ2) is 4.83.